The molecule has 0 unspecified atom stereocenters. The number of carboxylic acid groups (broad SMARTS) is 2. The number of hydrogen-bond donors (Lipinski definition) is 1. The minimum atomic E-state index is -1.63. The van der Waals surface area contributed by atoms with Crippen LogP contribution < -0.4 is 14.9 Å². The highest BCUT2D eigenvalue weighted by atomic mass is 16.5. The lowest BCUT2D eigenvalue weighted by atomic mass is 10.2. The third-order valence-electron chi connectivity index (χ3n) is 2.64. The number of allylic oxidation sites excluding steroid dienone is 1. The Balaban J connectivity index is 2.29. The van der Waals surface area contributed by atoms with Crippen LogP contribution in [0.3, 0.4) is 0 Å². The number of benzene rings is 1. The standard InChI is InChI=1S/C13H12O6/c14-11-8(12(15)16)2-1-3-9(11)19-10(13(17)18)6-7-4-5-7/h1-3,6-7,14H,4-5H2,(H,15,16)(H,17,18)/p-2/b10-6+. The molecule has 6 nitrogen and oxygen atoms in total. The van der Waals surface area contributed by atoms with E-state index in [4.69, 9.17) is 9.84 Å². The van der Waals surface area contributed by atoms with E-state index in [1.165, 1.54) is 18.2 Å². The van der Waals surface area contributed by atoms with Crippen molar-refractivity contribution >= 4 is 11.9 Å². The van der Waals surface area contributed by atoms with Crippen molar-refractivity contribution in [3.63, 3.8) is 0 Å². The molecule has 2 rings (SSSR count). The molecule has 1 aliphatic rings. The van der Waals surface area contributed by atoms with Crippen molar-refractivity contribution in [3.05, 3.63) is 35.6 Å². The number of carboxylic acids is 2. The summed E-state index contributed by atoms with van der Waals surface area (Å²) in [5, 5.41) is 31.3. The number of para-hydroxylation sites is 1. The number of aliphatic carboxylic acids is 1. The molecule has 0 aliphatic heterocycles. The molecule has 0 amide bonds. The molecule has 6 heteroatoms. The monoisotopic (exact) mass is 262 g/mol. The largest absolute Gasteiger partial charge is 0.870 e. The van der Waals surface area contributed by atoms with E-state index >= 15 is 0 Å². The van der Waals surface area contributed by atoms with E-state index in [2.05, 4.69) is 0 Å². The maximum absolute atomic E-state index is 11.7. The molecule has 0 aromatic heterocycles. The second kappa shape index (κ2) is 5.01. The molecule has 0 heterocycles. The van der Waals surface area contributed by atoms with Gasteiger partial charge < -0.3 is 24.9 Å². The SMILES string of the molecule is O=C(O)/C(=C\C1CC1)Oc1cccc(C(=O)[O-])c1[O-]. The Hall–Kier alpha value is -2.50. The normalized spacial score (nSPS) is 15.1. The van der Waals surface area contributed by atoms with Gasteiger partial charge in [0.25, 0.3) is 0 Å². The highest BCUT2D eigenvalue weighted by Crippen LogP contribution is 2.33. The highest BCUT2D eigenvalue weighted by Gasteiger charge is 2.23. The van der Waals surface area contributed by atoms with Crippen molar-refractivity contribution in [2.24, 2.45) is 5.92 Å². The second-order valence-corrected chi connectivity index (χ2v) is 4.20. The zero-order valence-corrected chi connectivity index (χ0v) is 9.79. The maximum Gasteiger partial charge on any atom is 0.371 e. The summed E-state index contributed by atoms with van der Waals surface area (Å²) in [6.45, 7) is 0. The molecule has 1 N–H and O–H groups in total. The van der Waals surface area contributed by atoms with Crippen molar-refractivity contribution in [2.75, 3.05) is 0 Å². The Labute approximate surface area is 108 Å². The average Bonchev–Trinajstić information content (AvgIpc) is 3.14. The number of aromatic carboxylic acids is 1. The van der Waals surface area contributed by atoms with Gasteiger partial charge in [0.1, 0.15) is 5.75 Å². The molecule has 1 saturated carbocycles. The second-order valence-electron chi connectivity index (χ2n) is 4.20. The predicted molar refractivity (Wildman–Crippen MR) is 59.3 cm³/mol. The molecular weight excluding hydrogens is 252 g/mol. The molecule has 0 radical (unpaired) electrons. The van der Waals surface area contributed by atoms with Crippen molar-refractivity contribution in [1.29, 1.82) is 0 Å². The summed E-state index contributed by atoms with van der Waals surface area (Å²) < 4.78 is 5.01. The first-order valence-electron chi connectivity index (χ1n) is 5.63. The molecule has 1 aromatic rings. The van der Waals surface area contributed by atoms with E-state index in [9.17, 15) is 19.8 Å². The summed E-state index contributed by atoms with van der Waals surface area (Å²) in [5.41, 5.74) is -0.561. The molecule has 0 atom stereocenters. The Bertz CT molecular complexity index is 556. The van der Waals surface area contributed by atoms with Crippen molar-refractivity contribution < 1.29 is 29.6 Å². The number of hydrogen-bond acceptors (Lipinski definition) is 5. The average molecular weight is 262 g/mol. The molecule has 1 fully saturated rings. The molecule has 0 spiro atoms. The van der Waals surface area contributed by atoms with Crippen LogP contribution in [0.4, 0.5) is 0 Å². The molecule has 100 valence electrons. The van der Waals surface area contributed by atoms with Gasteiger partial charge in [0.15, 0.2) is 0 Å². The Morgan fingerprint density at radius 2 is 2.05 bits per heavy atom. The van der Waals surface area contributed by atoms with E-state index in [1.54, 1.807) is 0 Å². The lowest BCUT2D eigenvalue weighted by Gasteiger charge is -2.19. The van der Waals surface area contributed by atoms with Crippen LogP contribution in [0.15, 0.2) is 30.0 Å². The Morgan fingerprint density at radius 1 is 1.37 bits per heavy atom. The summed E-state index contributed by atoms with van der Waals surface area (Å²) in [4.78, 5) is 21.7. The van der Waals surface area contributed by atoms with E-state index in [1.807, 2.05) is 0 Å². The first kappa shape index (κ1) is 12.9. The fraction of sp³-hybridized carbons (Fsp3) is 0.231. The summed E-state index contributed by atoms with van der Waals surface area (Å²) in [6, 6.07) is 3.59. The van der Waals surface area contributed by atoms with Gasteiger partial charge in [-0.25, -0.2) is 4.79 Å². The third kappa shape index (κ3) is 3.04. The van der Waals surface area contributed by atoms with Crippen LogP contribution in [-0.2, 0) is 4.79 Å². The maximum atomic E-state index is 11.7. The highest BCUT2D eigenvalue weighted by molar-refractivity contribution is 5.90. The first-order chi connectivity index (χ1) is 8.99. The summed E-state index contributed by atoms with van der Waals surface area (Å²) in [7, 11) is 0. The topological polar surface area (TPSA) is 110 Å². The molecule has 0 bridgehead atoms. The van der Waals surface area contributed by atoms with Gasteiger partial charge in [-0.2, -0.15) is 0 Å². The van der Waals surface area contributed by atoms with Crippen LogP contribution >= 0.6 is 0 Å². The van der Waals surface area contributed by atoms with Gasteiger partial charge in [0.05, 0.1) is 5.97 Å². The van der Waals surface area contributed by atoms with Crippen LogP contribution in [-0.4, -0.2) is 17.0 Å². The van der Waals surface area contributed by atoms with Gasteiger partial charge in [-0.05, 0) is 36.5 Å². The quantitative estimate of drug-likeness (QED) is 0.585. The number of carbonyl (C=O) groups excluding carboxylic acids is 1. The predicted octanol–water partition coefficient (Wildman–Crippen LogP) is -0.119. The summed E-state index contributed by atoms with van der Waals surface area (Å²) in [5.74, 6) is -4.38. The van der Waals surface area contributed by atoms with E-state index in [-0.39, 0.29) is 17.4 Å². The van der Waals surface area contributed by atoms with Crippen molar-refractivity contribution in [1.82, 2.24) is 0 Å². The van der Waals surface area contributed by atoms with E-state index in [0.717, 1.165) is 18.9 Å². The van der Waals surface area contributed by atoms with E-state index in [0.29, 0.717) is 0 Å². The summed E-state index contributed by atoms with van der Waals surface area (Å²) >= 11 is 0. The third-order valence-corrected chi connectivity index (χ3v) is 2.64. The smallest absolute Gasteiger partial charge is 0.371 e. The molecule has 0 saturated heterocycles. The molecule has 1 aromatic carbocycles. The van der Waals surface area contributed by atoms with Crippen LogP contribution in [0.25, 0.3) is 0 Å². The number of carbonyl (C=O) groups is 2. The Kier molecular flexibility index (Phi) is 3.41. The minimum absolute atomic E-state index is 0.144. The first-order valence-corrected chi connectivity index (χ1v) is 5.63. The van der Waals surface area contributed by atoms with Crippen molar-refractivity contribution in [3.8, 4) is 11.5 Å². The lowest BCUT2D eigenvalue weighted by Crippen LogP contribution is -2.24. The Morgan fingerprint density at radius 3 is 2.58 bits per heavy atom. The lowest BCUT2D eigenvalue weighted by molar-refractivity contribution is -0.277. The van der Waals surface area contributed by atoms with Crippen LogP contribution in [0.5, 0.6) is 11.5 Å². The van der Waals surface area contributed by atoms with E-state index < -0.39 is 23.3 Å². The van der Waals surface area contributed by atoms with Gasteiger partial charge >= 0.3 is 5.97 Å². The number of ether oxygens (including phenoxy) is 1. The van der Waals surface area contributed by atoms with Gasteiger partial charge in [0, 0.05) is 0 Å². The van der Waals surface area contributed by atoms with Gasteiger partial charge in [-0.3, -0.25) is 0 Å². The fourth-order valence-corrected chi connectivity index (χ4v) is 1.50. The van der Waals surface area contributed by atoms with Crippen LogP contribution in [0, 0.1) is 5.92 Å². The molecular formula is C13H10O6-2. The van der Waals surface area contributed by atoms with Gasteiger partial charge in [0.2, 0.25) is 5.76 Å². The number of rotatable bonds is 5. The van der Waals surface area contributed by atoms with Crippen LogP contribution in [0.2, 0.25) is 0 Å². The van der Waals surface area contributed by atoms with Gasteiger partial charge in [-0.15, -0.1) is 0 Å². The van der Waals surface area contributed by atoms with Gasteiger partial charge in [-0.1, -0.05) is 17.9 Å². The minimum Gasteiger partial charge on any atom is -0.870 e. The fourth-order valence-electron chi connectivity index (χ4n) is 1.50. The zero-order chi connectivity index (χ0) is 14.0. The summed E-state index contributed by atoms with van der Waals surface area (Å²) in [6.07, 6.45) is 3.18. The van der Waals surface area contributed by atoms with Crippen molar-refractivity contribution in [2.45, 2.75) is 12.8 Å². The molecule has 19 heavy (non-hydrogen) atoms. The molecule has 1 aliphatic carbocycles. The van der Waals surface area contributed by atoms with Crippen LogP contribution in [0.1, 0.15) is 23.2 Å². The zero-order valence-electron chi connectivity index (χ0n) is 9.79.